The van der Waals surface area contributed by atoms with Gasteiger partial charge in [0.25, 0.3) is 0 Å². The molecule has 3 aliphatic heterocycles. The summed E-state index contributed by atoms with van der Waals surface area (Å²) in [5, 5.41) is 0.609. The Bertz CT molecular complexity index is 1300. The molecule has 1 unspecified atom stereocenters. The first-order chi connectivity index (χ1) is 19.1. The fourth-order valence-corrected chi connectivity index (χ4v) is 7.81. The topological polar surface area (TPSA) is 87.2 Å². The quantitative estimate of drug-likeness (QED) is 0.518. The van der Waals surface area contributed by atoms with Gasteiger partial charge in [-0.1, -0.05) is 23.7 Å². The number of likely N-dealkylation sites (N-methyl/N-ethyl adjacent to an activating group) is 1. The van der Waals surface area contributed by atoms with Crippen molar-refractivity contribution in [2.24, 2.45) is 5.92 Å². The van der Waals surface area contributed by atoms with Crippen LogP contribution in [0.3, 0.4) is 0 Å². The van der Waals surface area contributed by atoms with Crippen LogP contribution in [-0.4, -0.2) is 91.9 Å². The number of amides is 2. The summed E-state index contributed by atoms with van der Waals surface area (Å²) in [4.78, 5) is 32.5. The largest absolute Gasteiger partial charge is 0.415 e. The van der Waals surface area contributed by atoms with Crippen LogP contribution < -0.4 is 4.74 Å². The lowest BCUT2D eigenvalue weighted by atomic mass is 9.93. The monoisotopic (exact) mass is 591 g/mol. The molecular formula is C29H35ClFN3O5S. The maximum atomic E-state index is 13.7. The molecule has 0 spiro atoms. The van der Waals surface area contributed by atoms with Gasteiger partial charge in [0.05, 0.1) is 17.5 Å². The van der Waals surface area contributed by atoms with Crippen molar-refractivity contribution in [3.05, 3.63) is 64.9 Å². The van der Waals surface area contributed by atoms with Gasteiger partial charge in [-0.25, -0.2) is 17.6 Å². The molecule has 40 heavy (non-hydrogen) atoms. The van der Waals surface area contributed by atoms with Crippen LogP contribution in [-0.2, 0) is 14.6 Å². The summed E-state index contributed by atoms with van der Waals surface area (Å²) in [5.74, 6) is 0.172. The van der Waals surface area contributed by atoms with Crippen molar-refractivity contribution in [3.63, 3.8) is 0 Å². The number of ether oxygens (including phenoxy) is 1. The fourth-order valence-electron chi connectivity index (χ4n) is 6.22. The zero-order valence-electron chi connectivity index (χ0n) is 22.5. The third-order valence-corrected chi connectivity index (χ3v) is 10.6. The number of sulfone groups is 1. The lowest BCUT2D eigenvalue weighted by Crippen LogP contribution is -2.48. The lowest BCUT2D eigenvalue weighted by molar-refractivity contribution is -0.136. The van der Waals surface area contributed by atoms with Crippen molar-refractivity contribution in [3.8, 4) is 5.75 Å². The summed E-state index contributed by atoms with van der Waals surface area (Å²) in [6.45, 7) is 2.41. The fraction of sp³-hybridized carbons (Fsp3) is 0.517. The van der Waals surface area contributed by atoms with E-state index in [1.807, 2.05) is 29.2 Å². The number of piperidine rings is 1. The van der Waals surface area contributed by atoms with Crippen LogP contribution in [0.4, 0.5) is 9.18 Å². The van der Waals surface area contributed by atoms with Crippen molar-refractivity contribution >= 4 is 33.4 Å². The SMILES string of the molecule is CN(C(=O)Oc1ccc(F)cc1)[C@@H]1CN(C(=O)C2CCN(C3CCS(=O)(=O)CC3)CC2)CC1c1ccc(Cl)cc1. The number of carbonyl (C=O) groups is 2. The average molecular weight is 592 g/mol. The van der Waals surface area contributed by atoms with Gasteiger partial charge < -0.3 is 19.4 Å². The third-order valence-electron chi connectivity index (χ3n) is 8.62. The van der Waals surface area contributed by atoms with E-state index in [1.54, 1.807) is 7.05 Å². The number of benzene rings is 2. The zero-order chi connectivity index (χ0) is 28.4. The van der Waals surface area contributed by atoms with Crippen LogP contribution in [0.2, 0.25) is 5.02 Å². The van der Waals surface area contributed by atoms with Crippen molar-refractivity contribution < 1.29 is 27.1 Å². The number of carbonyl (C=O) groups excluding carboxylic acids is 2. The molecule has 2 aromatic rings. The van der Waals surface area contributed by atoms with E-state index in [9.17, 15) is 22.4 Å². The highest BCUT2D eigenvalue weighted by Gasteiger charge is 2.43. The molecule has 8 nitrogen and oxygen atoms in total. The Morgan fingerprint density at radius 1 is 0.950 bits per heavy atom. The Morgan fingerprint density at radius 3 is 2.20 bits per heavy atom. The van der Waals surface area contributed by atoms with Crippen LogP contribution in [0, 0.1) is 11.7 Å². The number of hydrogen-bond acceptors (Lipinski definition) is 6. The Labute approximate surface area is 239 Å². The summed E-state index contributed by atoms with van der Waals surface area (Å²) in [6.07, 6.45) is 2.22. The highest BCUT2D eigenvalue weighted by atomic mass is 35.5. The summed E-state index contributed by atoms with van der Waals surface area (Å²) in [7, 11) is -1.24. The molecular weight excluding hydrogens is 557 g/mol. The van der Waals surface area contributed by atoms with Gasteiger partial charge >= 0.3 is 6.09 Å². The molecule has 216 valence electrons. The third kappa shape index (κ3) is 6.61. The van der Waals surface area contributed by atoms with Gasteiger partial charge in [0.1, 0.15) is 21.4 Å². The maximum Gasteiger partial charge on any atom is 0.415 e. The Balaban J connectivity index is 1.25. The maximum absolute atomic E-state index is 13.7. The molecule has 3 saturated heterocycles. The molecule has 2 atom stereocenters. The summed E-state index contributed by atoms with van der Waals surface area (Å²) in [6, 6.07) is 12.7. The van der Waals surface area contributed by atoms with Crippen molar-refractivity contribution in [2.75, 3.05) is 44.7 Å². The molecule has 3 fully saturated rings. The number of halogens is 2. The molecule has 0 N–H and O–H groups in total. The molecule has 0 saturated carbocycles. The van der Waals surface area contributed by atoms with E-state index in [0.29, 0.717) is 31.0 Å². The summed E-state index contributed by atoms with van der Waals surface area (Å²) < 4.78 is 42.4. The number of rotatable bonds is 5. The van der Waals surface area contributed by atoms with E-state index < -0.39 is 21.7 Å². The first-order valence-electron chi connectivity index (χ1n) is 13.8. The van der Waals surface area contributed by atoms with Crippen molar-refractivity contribution in [2.45, 2.75) is 43.7 Å². The van der Waals surface area contributed by atoms with E-state index in [2.05, 4.69) is 4.90 Å². The van der Waals surface area contributed by atoms with Crippen LogP contribution in [0.5, 0.6) is 5.75 Å². The number of hydrogen-bond donors (Lipinski definition) is 0. The second-order valence-corrected chi connectivity index (χ2v) is 13.8. The predicted molar refractivity (Wildman–Crippen MR) is 151 cm³/mol. The van der Waals surface area contributed by atoms with Crippen LogP contribution in [0.1, 0.15) is 37.2 Å². The van der Waals surface area contributed by atoms with Crippen LogP contribution in [0.25, 0.3) is 0 Å². The first kappa shape index (κ1) is 28.8. The van der Waals surface area contributed by atoms with Gasteiger partial charge in [0.2, 0.25) is 5.91 Å². The first-order valence-corrected chi connectivity index (χ1v) is 16.0. The van der Waals surface area contributed by atoms with E-state index in [1.165, 1.54) is 29.2 Å². The van der Waals surface area contributed by atoms with Gasteiger partial charge in [-0.3, -0.25) is 4.79 Å². The van der Waals surface area contributed by atoms with E-state index in [4.69, 9.17) is 16.3 Å². The molecule has 0 aromatic heterocycles. The van der Waals surface area contributed by atoms with Crippen LogP contribution in [0.15, 0.2) is 48.5 Å². The Hall–Kier alpha value is -2.69. The molecule has 11 heteroatoms. The standard InChI is InChI=1S/C29H35ClFN3O5S/c1-32(29(36)39-25-8-6-23(31)7-9-25)27-19-34(18-26(27)20-2-4-22(30)5-3-20)28(35)21-10-14-33(15-11-21)24-12-16-40(37,38)17-13-24/h2-9,21,24,26-27H,10-19H2,1H3/t26?,27-/m1/s1. The molecule has 3 aliphatic rings. The molecule has 5 rings (SSSR count). The molecule has 2 amide bonds. The van der Waals surface area contributed by atoms with Crippen molar-refractivity contribution in [1.82, 2.24) is 14.7 Å². The molecule has 2 aromatic carbocycles. The van der Waals surface area contributed by atoms with Gasteiger partial charge in [0, 0.05) is 43.0 Å². The Kier molecular flexibility index (Phi) is 8.68. The van der Waals surface area contributed by atoms with Gasteiger partial charge in [-0.05, 0) is 80.7 Å². The van der Waals surface area contributed by atoms with Gasteiger partial charge in [0.15, 0.2) is 0 Å². The molecule has 0 radical (unpaired) electrons. The lowest BCUT2D eigenvalue weighted by Gasteiger charge is -2.39. The predicted octanol–water partition coefficient (Wildman–Crippen LogP) is 4.19. The van der Waals surface area contributed by atoms with E-state index in [0.717, 1.165) is 31.5 Å². The van der Waals surface area contributed by atoms with Crippen LogP contribution >= 0.6 is 11.6 Å². The normalized spacial score (nSPS) is 24.1. The highest BCUT2D eigenvalue weighted by molar-refractivity contribution is 7.91. The zero-order valence-corrected chi connectivity index (χ0v) is 24.1. The summed E-state index contributed by atoms with van der Waals surface area (Å²) in [5.41, 5.74) is 0.980. The smallest absolute Gasteiger partial charge is 0.410 e. The number of nitrogens with zero attached hydrogens (tertiary/aromatic N) is 3. The summed E-state index contributed by atoms with van der Waals surface area (Å²) >= 11 is 6.12. The second kappa shape index (κ2) is 12.0. The minimum atomic E-state index is -2.91. The minimum absolute atomic E-state index is 0.0904. The van der Waals surface area contributed by atoms with E-state index >= 15 is 0 Å². The molecule has 0 aliphatic carbocycles. The van der Waals surface area contributed by atoms with E-state index in [-0.39, 0.29) is 47.1 Å². The second-order valence-electron chi connectivity index (χ2n) is 11.1. The Morgan fingerprint density at radius 2 is 1.57 bits per heavy atom. The number of likely N-dealkylation sites (tertiary alicyclic amines) is 2. The van der Waals surface area contributed by atoms with Gasteiger partial charge in [-0.15, -0.1) is 0 Å². The average Bonchev–Trinajstić information content (AvgIpc) is 3.39. The minimum Gasteiger partial charge on any atom is -0.410 e. The van der Waals surface area contributed by atoms with Crippen molar-refractivity contribution in [1.29, 1.82) is 0 Å². The molecule has 0 bridgehead atoms. The van der Waals surface area contributed by atoms with Gasteiger partial charge in [-0.2, -0.15) is 0 Å². The molecule has 3 heterocycles. The highest BCUT2D eigenvalue weighted by Crippen LogP contribution is 2.34.